The number of hydrogen-bond donors (Lipinski definition) is 1. The van der Waals surface area contributed by atoms with Crippen LogP contribution in [-0.4, -0.2) is 37.6 Å². The quantitative estimate of drug-likeness (QED) is 0.520. The highest BCUT2D eigenvalue weighted by Crippen LogP contribution is 2.36. The number of likely N-dealkylation sites (N-methyl/N-ethyl adjacent to an activating group) is 1. The van der Waals surface area contributed by atoms with Crippen molar-refractivity contribution < 1.29 is 0 Å². The average Bonchev–Trinajstić information content (AvgIpc) is 2.20. The molecule has 0 amide bonds. The lowest BCUT2D eigenvalue weighted by Gasteiger charge is -2.21. The lowest BCUT2D eigenvalue weighted by atomic mass is 9.86. The molecule has 2 rings (SSSR count). The van der Waals surface area contributed by atoms with Gasteiger partial charge >= 0.3 is 0 Å². The highest BCUT2D eigenvalue weighted by molar-refractivity contribution is 5.01. The first-order valence-corrected chi connectivity index (χ1v) is 4.13. The largest absolute Gasteiger partial charge is 0.312 e. The van der Waals surface area contributed by atoms with Gasteiger partial charge in [-0.1, -0.05) is 6.92 Å². The molecule has 1 N–H and O–H groups in total. The molecular weight excluding hydrogens is 124 g/mol. The number of likely N-dealkylation sites (tertiary alicyclic amines) is 1. The van der Waals surface area contributed by atoms with E-state index in [2.05, 4.69) is 24.2 Å². The van der Waals surface area contributed by atoms with Crippen molar-refractivity contribution in [2.75, 3.05) is 26.7 Å². The van der Waals surface area contributed by atoms with Crippen LogP contribution < -0.4 is 5.32 Å². The summed E-state index contributed by atoms with van der Waals surface area (Å²) in [5, 5.41) is 3.55. The van der Waals surface area contributed by atoms with Crippen LogP contribution in [0.1, 0.15) is 13.3 Å². The molecule has 0 aromatic carbocycles. The number of fused-ring (bicyclic) bond motifs is 1. The summed E-state index contributed by atoms with van der Waals surface area (Å²) < 4.78 is 0. The minimum Gasteiger partial charge on any atom is -0.312 e. The van der Waals surface area contributed by atoms with Gasteiger partial charge in [0.05, 0.1) is 0 Å². The van der Waals surface area contributed by atoms with E-state index in [1.54, 1.807) is 0 Å². The molecule has 2 fully saturated rings. The van der Waals surface area contributed by atoms with E-state index < -0.39 is 0 Å². The Morgan fingerprint density at radius 2 is 2.40 bits per heavy atom. The van der Waals surface area contributed by atoms with Crippen molar-refractivity contribution in [2.45, 2.75) is 19.4 Å². The maximum absolute atomic E-state index is 3.55. The van der Waals surface area contributed by atoms with Crippen molar-refractivity contribution in [3.05, 3.63) is 0 Å². The van der Waals surface area contributed by atoms with Crippen molar-refractivity contribution in [2.24, 2.45) is 5.41 Å². The third-order valence-electron chi connectivity index (χ3n) is 3.05. The molecule has 2 aliphatic heterocycles. The molecule has 2 unspecified atom stereocenters. The maximum atomic E-state index is 3.55. The number of hydrogen-bond acceptors (Lipinski definition) is 2. The van der Waals surface area contributed by atoms with Gasteiger partial charge in [0.15, 0.2) is 0 Å². The predicted molar refractivity (Wildman–Crippen MR) is 42.0 cm³/mol. The highest BCUT2D eigenvalue weighted by atomic mass is 15.2. The summed E-state index contributed by atoms with van der Waals surface area (Å²) in [4.78, 5) is 2.43. The van der Waals surface area contributed by atoms with Gasteiger partial charge in [0.2, 0.25) is 0 Å². The van der Waals surface area contributed by atoms with E-state index >= 15 is 0 Å². The molecule has 10 heavy (non-hydrogen) atoms. The molecule has 2 aliphatic rings. The second-order valence-corrected chi connectivity index (χ2v) is 4.11. The lowest BCUT2D eigenvalue weighted by Crippen LogP contribution is -2.32. The fourth-order valence-electron chi connectivity index (χ4n) is 2.42. The summed E-state index contributed by atoms with van der Waals surface area (Å²) in [6.45, 7) is 6.16. The second-order valence-electron chi connectivity index (χ2n) is 4.11. The SMILES string of the molecule is CN1CC2NCCC2(C)C1. The Hall–Kier alpha value is -0.0800. The van der Waals surface area contributed by atoms with Crippen LogP contribution in [0.4, 0.5) is 0 Å². The van der Waals surface area contributed by atoms with Crippen molar-refractivity contribution in [1.29, 1.82) is 0 Å². The van der Waals surface area contributed by atoms with Crippen molar-refractivity contribution in [3.63, 3.8) is 0 Å². The van der Waals surface area contributed by atoms with Gasteiger partial charge in [0, 0.05) is 19.1 Å². The molecule has 0 bridgehead atoms. The Labute approximate surface area is 62.6 Å². The first-order chi connectivity index (χ1) is 4.71. The topological polar surface area (TPSA) is 15.3 Å². The van der Waals surface area contributed by atoms with Crippen molar-refractivity contribution in [1.82, 2.24) is 10.2 Å². The Kier molecular flexibility index (Phi) is 1.29. The van der Waals surface area contributed by atoms with Gasteiger partial charge < -0.3 is 10.2 Å². The summed E-state index contributed by atoms with van der Waals surface area (Å²) >= 11 is 0. The van der Waals surface area contributed by atoms with Crippen LogP contribution in [0.25, 0.3) is 0 Å². The van der Waals surface area contributed by atoms with Gasteiger partial charge in [-0.25, -0.2) is 0 Å². The molecule has 0 spiro atoms. The zero-order chi connectivity index (χ0) is 7.19. The molecule has 0 radical (unpaired) electrons. The number of rotatable bonds is 0. The summed E-state index contributed by atoms with van der Waals surface area (Å²) in [6.07, 6.45) is 1.36. The number of nitrogens with zero attached hydrogens (tertiary/aromatic N) is 1. The van der Waals surface area contributed by atoms with E-state index in [0.29, 0.717) is 5.41 Å². The molecule has 2 heterocycles. The average molecular weight is 140 g/mol. The van der Waals surface area contributed by atoms with Gasteiger partial charge in [-0.3, -0.25) is 0 Å². The highest BCUT2D eigenvalue weighted by Gasteiger charge is 2.44. The first kappa shape index (κ1) is 6.62. The fraction of sp³-hybridized carbons (Fsp3) is 1.00. The molecule has 0 aromatic rings. The molecule has 58 valence electrons. The Bertz CT molecular complexity index is 146. The van der Waals surface area contributed by atoms with Gasteiger partial charge in [-0.05, 0) is 25.4 Å². The van der Waals surface area contributed by atoms with Crippen molar-refractivity contribution in [3.8, 4) is 0 Å². The van der Waals surface area contributed by atoms with E-state index in [0.717, 1.165) is 6.04 Å². The van der Waals surface area contributed by atoms with Crippen LogP contribution in [0.3, 0.4) is 0 Å². The number of nitrogens with one attached hydrogen (secondary N) is 1. The molecule has 2 heteroatoms. The van der Waals surface area contributed by atoms with Crippen LogP contribution in [0.15, 0.2) is 0 Å². The fourth-order valence-corrected chi connectivity index (χ4v) is 2.42. The van der Waals surface area contributed by atoms with Crippen LogP contribution in [0, 0.1) is 5.41 Å². The first-order valence-electron chi connectivity index (χ1n) is 4.13. The van der Waals surface area contributed by atoms with E-state index in [1.165, 1.54) is 26.1 Å². The van der Waals surface area contributed by atoms with Gasteiger partial charge in [-0.2, -0.15) is 0 Å². The Balaban J connectivity index is 2.15. The van der Waals surface area contributed by atoms with Gasteiger partial charge in [-0.15, -0.1) is 0 Å². The summed E-state index contributed by atoms with van der Waals surface area (Å²) in [7, 11) is 2.21. The van der Waals surface area contributed by atoms with Crippen LogP contribution in [0.2, 0.25) is 0 Å². The molecule has 0 aromatic heterocycles. The van der Waals surface area contributed by atoms with E-state index in [-0.39, 0.29) is 0 Å². The standard InChI is InChI=1S/C8H16N2/c1-8-3-4-9-7(8)5-10(2)6-8/h7,9H,3-6H2,1-2H3. The molecule has 2 nitrogen and oxygen atoms in total. The zero-order valence-electron chi connectivity index (χ0n) is 6.85. The lowest BCUT2D eigenvalue weighted by molar-refractivity contribution is 0.310. The minimum absolute atomic E-state index is 0.592. The summed E-state index contributed by atoms with van der Waals surface area (Å²) in [5.74, 6) is 0. The molecule has 0 aliphatic carbocycles. The van der Waals surface area contributed by atoms with Gasteiger partial charge in [0.25, 0.3) is 0 Å². The van der Waals surface area contributed by atoms with E-state index in [4.69, 9.17) is 0 Å². The van der Waals surface area contributed by atoms with Crippen LogP contribution in [-0.2, 0) is 0 Å². The van der Waals surface area contributed by atoms with Crippen LogP contribution in [0.5, 0.6) is 0 Å². The summed E-state index contributed by atoms with van der Waals surface area (Å²) in [6, 6.07) is 0.775. The normalized spacial score (nSPS) is 48.0. The summed E-state index contributed by atoms with van der Waals surface area (Å²) in [5.41, 5.74) is 0.592. The molecule has 2 saturated heterocycles. The molecular formula is C8H16N2. The molecule has 2 atom stereocenters. The maximum Gasteiger partial charge on any atom is 0.0261 e. The minimum atomic E-state index is 0.592. The third-order valence-corrected chi connectivity index (χ3v) is 3.05. The predicted octanol–water partition coefficient (Wildman–Crippen LogP) is 0.300. The van der Waals surface area contributed by atoms with E-state index in [9.17, 15) is 0 Å². The van der Waals surface area contributed by atoms with Crippen molar-refractivity contribution >= 4 is 0 Å². The second kappa shape index (κ2) is 1.95. The van der Waals surface area contributed by atoms with Crippen LogP contribution >= 0.6 is 0 Å². The zero-order valence-corrected chi connectivity index (χ0v) is 6.85. The monoisotopic (exact) mass is 140 g/mol. The smallest absolute Gasteiger partial charge is 0.0261 e. The Morgan fingerprint density at radius 3 is 3.10 bits per heavy atom. The third kappa shape index (κ3) is 0.789. The van der Waals surface area contributed by atoms with Gasteiger partial charge in [0.1, 0.15) is 0 Å². The molecule has 0 saturated carbocycles. The Morgan fingerprint density at radius 1 is 1.60 bits per heavy atom. The van der Waals surface area contributed by atoms with E-state index in [1.807, 2.05) is 0 Å².